The molecule has 8 heteroatoms. The Morgan fingerprint density at radius 1 is 1.50 bits per heavy atom. The maximum atomic E-state index is 13.2. The number of nitrogens with one attached hydrogen (secondary N) is 2. The first-order valence-electron chi connectivity index (χ1n) is 6.02. The zero-order valence-corrected chi connectivity index (χ0v) is 10.7. The Balaban J connectivity index is 2.28. The summed E-state index contributed by atoms with van der Waals surface area (Å²) in [5, 5.41) is 14.2. The fraction of sp³-hybridized carbons (Fsp3) is 0.500. The topological polar surface area (TPSA) is 74.2 Å². The van der Waals surface area contributed by atoms with Crippen molar-refractivity contribution in [2.75, 3.05) is 18.4 Å². The summed E-state index contributed by atoms with van der Waals surface area (Å²) in [5.41, 5.74) is -2.01. The first-order valence-corrected chi connectivity index (χ1v) is 6.02. The van der Waals surface area contributed by atoms with Crippen molar-refractivity contribution in [2.24, 2.45) is 5.41 Å². The average molecular weight is 289 g/mol. The molecule has 2 heterocycles. The van der Waals surface area contributed by atoms with Crippen LogP contribution in [0.1, 0.15) is 12.1 Å². The molecule has 1 atom stereocenters. The molecule has 1 unspecified atom stereocenters. The lowest BCUT2D eigenvalue weighted by atomic mass is 9.85. The number of aryl methyl sites for hydroxylation is 1. The van der Waals surface area contributed by atoms with Gasteiger partial charge in [-0.1, -0.05) is 0 Å². The van der Waals surface area contributed by atoms with E-state index in [2.05, 4.69) is 15.6 Å². The number of amides is 1. The maximum absolute atomic E-state index is 13.2. The third-order valence-corrected chi connectivity index (χ3v) is 3.38. The molecule has 0 aromatic carbocycles. The predicted octanol–water partition coefficient (Wildman–Crippen LogP) is 1.58. The number of halogens is 3. The van der Waals surface area contributed by atoms with E-state index in [1.54, 1.807) is 6.92 Å². The van der Waals surface area contributed by atoms with Gasteiger partial charge in [0, 0.05) is 12.2 Å². The molecule has 1 amide bonds. The number of hydrogen-bond donors (Lipinski definition) is 3. The minimum atomic E-state index is -4.67. The molecule has 20 heavy (non-hydrogen) atoms. The monoisotopic (exact) mass is 289 g/mol. The Hall–Kier alpha value is -1.83. The van der Waals surface area contributed by atoms with Crippen molar-refractivity contribution < 1.29 is 23.1 Å². The molecule has 1 fully saturated rings. The van der Waals surface area contributed by atoms with Crippen molar-refractivity contribution in [3.05, 3.63) is 17.8 Å². The molecule has 1 saturated heterocycles. The number of alkyl halides is 3. The molecule has 0 spiro atoms. The third-order valence-electron chi connectivity index (χ3n) is 3.38. The summed E-state index contributed by atoms with van der Waals surface area (Å²) in [6, 6.07) is 2.76. The lowest BCUT2D eigenvalue weighted by molar-refractivity contribution is -0.213. The van der Waals surface area contributed by atoms with Crippen LogP contribution >= 0.6 is 0 Å². The predicted molar refractivity (Wildman–Crippen MR) is 65.2 cm³/mol. The summed E-state index contributed by atoms with van der Waals surface area (Å²) in [6.07, 6.45) is -5.01. The number of pyridine rings is 1. The largest absolute Gasteiger partial charge is 0.504 e. The highest BCUT2D eigenvalue weighted by molar-refractivity contribution is 5.96. The number of carbonyl (C=O) groups is 1. The van der Waals surface area contributed by atoms with Crippen LogP contribution in [0.3, 0.4) is 0 Å². The van der Waals surface area contributed by atoms with Gasteiger partial charge in [-0.25, -0.2) is 4.98 Å². The summed E-state index contributed by atoms with van der Waals surface area (Å²) < 4.78 is 39.5. The summed E-state index contributed by atoms with van der Waals surface area (Å²) in [5.74, 6) is -1.83. The lowest BCUT2D eigenvalue weighted by Gasteiger charge is -2.29. The molecule has 2 rings (SSSR count). The number of carbonyl (C=O) groups excluding carboxylic acids is 1. The van der Waals surface area contributed by atoms with E-state index in [0.29, 0.717) is 5.69 Å². The second-order valence-corrected chi connectivity index (χ2v) is 4.78. The fourth-order valence-electron chi connectivity index (χ4n) is 2.12. The van der Waals surface area contributed by atoms with Gasteiger partial charge >= 0.3 is 6.18 Å². The highest BCUT2D eigenvalue weighted by Crippen LogP contribution is 2.44. The summed E-state index contributed by atoms with van der Waals surface area (Å²) in [4.78, 5) is 15.9. The molecule has 0 bridgehead atoms. The molecule has 1 aromatic heterocycles. The number of rotatable bonds is 2. The molecule has 1 aliphatic heterocycles. The van der Waals surface area contributed by atoms with Crippen LogP contribution in [-0.2, 0) is 4.79 Å². The van der Waals surface area contributed by atoms with Crippen LogP contribution in [0, 0.1) is 12.3 Å². The Morgan fingerprint density at radius 3 is 2.75 bits per heavy atom. The summed E-state index contributed by atoms with van der Waals surface area (Å²) >= 11 is 0. The second kappa shape index (κ2) is 4.93. The molecule has 5 nitrogen and oxygen atoms in total. The van der Waals surface area contributed by atoms with Gasteiger partial charge in [-0.15, -0.1) is 0 Å². The van der Waals surface area contributed by atoms with Gasteiger partial charge in [-0.3, -0.25) is 4.79 Å². The van der Waals surface area contributed by atoms with Crippen molar-refractivity contribution in [3.8, 4) is 5.75 Å². The fourth-order valence-corrected chi connectivity index (χ4v) is 2.12. The van der Waals surface area contributed by atoms with Crippen LogP contribution in [0.15, 0.2) is 12.1 Å². The first kappa shape index (κ1) is 14.6. The molecule has 0 saturated carbocycles. The van der Waals surface area contributed by atoms with E-state index in [4.69, 9.17) is 0 Å². The van der Waals surface area contributed by atoms with Gasteiger partial charge in [-0.05, 0) is 32.0 Å². The van der Waals surface area contributed by atoms with Gasteiger partial charge in [0.2, 0.25) is 5.91 Å². The smallest absolute Gasteiger partial charge is 0.404 e. The third kappa shape index (κ3) is 2.43. The van der Waals surface area contributed by atoms with Gasteiger partial charge in [0.15, 0.2) is 17.0 Å². The summed E-state index contributed by atoms with van der Waals surface area (Å²) in [6.45, 7) is 1.24. The zero-order chi connectivity index (χ0) is 15.0. The molecule has 110 valence electrons. The SMILES string of the molecule is Cc1ccc(O)c(NC(=O)C2(C(F)(F)F)CCNC2)n1. The molecular formula is C12H14F3N3O2. The van der Waals surface area contributed by atoms with Crippen LogP contribution in [0.2, 0.25) is 0 Å². The van der Waals surface area contributed by atoms with E-state index >= 15 is 0 Å². The highest BCUT2D eigenvalue weighted by Gasteiger charge is 2.61. The molecule has 1 aliphatic rings. The lowest BCUT2D eigenvalue weighted by Crippen LogP contribution is -2.49. The maximum Gasteiger partial charge on any atom is 0.404 e. The molecular weight excluding hydrogens is 275 g/mol. The van der Waals surface area contributed by atoms with Crippen LogP contribution in [0.25, 0.3) is 0 Å². The van der Waals surface area contributed by atoms with Crippen LogP contribution in [0.5, 0.6) is 5.75 Å². The average Bonchev–Trinajstić information content (AvgIpc) is 2.83. The molecule has 1 aromatic rings. The van der Waals surface area contributed by atoms with Gasteiger partial charge in [0.1, 0.15) is 0 Å². The highest BCUT2D eigenvalue weighted by atomic mass is 19.4. The Labute approximate surface area is 113 Å². The minimum absolute atomic E-state index is 0.111. The van der Waals surface area contributed by atoms with E-state index in [1.165, 1.54) is 12.1 Å². The van der Waals surface area contributed by atoms with Gasteiger partial charge in [0.05, 0.1) is 0 Å². The second-order valence-electron chi connectivity index (χ2n) is 4.78. The zero-order valence-electron chi connectivity index (χ0n) is 10.7. The number of nitrogens with zero attached hydrogens (tertiary/aromatic N) is 1. The van der Waals surface area contributed by atoms with E-state index in [1.807, 2.05) is 0 Å². The van der Waals surface area contributed by atoms with Crippen molar-refractivity contribution in [1.29, 1.82) is 0 Å². The van der Waals surface area contributed by atoms with E-state index < -0.39 is 24.0 Å². The van der Waals surface area contributed by atoms with Crippen molar-refractivity contribution in [2.45, 2.75) is 19.5 Å². The normalized spacial score (nSPS) is 22.8. The summed E-state index contributed by atoms with van der Waals surface area (Å²) in [7, 11) is 0. The molecule has 0 aliphatic carbocycles. The standard InChI is InChI=1S/C12H14F3N3O2/c1-7-2-3-8(19)9(17-7)18-10(20)11(12(13,14)15)4-5-16-6-11/h2-3,16,19H,4-6H2,1H3,(H,17,18,20). The van der Waals surface area contributed by atoms with Crippen LogP contribution in [-0.4, -0.2) is 35.3 Å². The van der Waals surface area contributed by atoms with Crippen molar-refractivity contribution in [3.63, 3.8) is 0 Å². The number of hydrogen-bond acceptors (Lipinski definition) is 4. The number of aromatic hydroxyl groups is 1. The minimum Gasteiger partial charge on any atom is -0.504 e. The Morgan fingerprint density at radius 2 is 2.20 bits per heavy atom. The van der Waals surface area contributed by atoms with E-state index in [9.17, 15) is 23.1 Å². The molecule has 3 N–H and O–H groups in total. The van der Waals surface area contributed by atoms with Gasteiger partial charge in [-0.2, -0.15) is 13.2 Å². The van der Waals surface area contributed by atoms with Crippen LogP contribution in [0.4, 0.5) is 19.0 Å². The number of aromatic nitrogens is 1. The molecule has 0 radical (unpaired) electrons. The van der Waals surface area contributed by atoms with Gasteiger partial charge < -0.3 is 15.7 Å². The van der Waals surface area contributed by atoms with E-state index in [0.717, 1.165) is 0 Å². The van der Waals surface area contributed by atoms with Crippen molar-refractivity contribution in [1.82, 2.24) is 10.3 Å². The first-order chi connectivity index (χ1) is 9.26. The number of anilines is 1. The van der Waals surface area contributed by atoms with Crippen molar-refractivity contribution >= 4 is 11.7 Å². The van der Waals surface area contributed by atoms with E-state index in [-0.39, 0.29) is 24.5 Å². The Kier molecular flexibility index (Phi) is 3.59. The van der Waals surface area contributed by atoms with Gasteiger partial charge in [0.25, 0.3) is 0 Å². The van der Waals surface area contributed by atoms with Crippen LogP contribution < -0.4 is 10.6 Å². The Bertz CT molecular complexity index is 525. The quantitative estimate of drug-likeness (QED) is 0.772.